The second-order valence-corrected chi connectivity index (χ2v) is 4.89. The maximum Gasteiger partial charge on any atom is 0.118 e. The highest BCUT2D eigenvalue weighted by molar-refractivity contribution is 5.47. The summed E-state index contributed by atoms with van der Waals surface area (Å²) in [7, 11) is 3.80. The zero-order valence-corrected chi connectivity index (χ0v) is 12.2. The quantitative estimate of drug-likeness (QED) is 0.877. The summed E-state index contributed by atoms with van der Waals surface area (Å²) < 4.78 is 5.17. The number of hydrogen-bond donors (Lipinski definition) is 1. The number of nitrogens with zero attached hydrogens (tertiary/aromatic N) is 1. The van der Waals surface area contributed by atoms with Crippen LogP contribution in [0.25, 0.3) is 0 Å². The van der Waals surface area contributed by atoms with Gasteiger partial charge in [-0.2, -0.15) is 0 Å². The molecular weight excluding hydrogens is 248 g/mol. The zero-order valence-electron chi connectivity index (χ0n) is 12.2. The number of nitrogens with two attached hydrogens (primary N) is 1. The minimum absolute atomic E-state index is 0.593. The predicted octanol–water partition coefficient (Wildman–Crippen LogP) is 2.83. The molecule has 0 atom stereocenters. The molecule has 0 amide bonds. The van der Waals surface area contributed by atoms with E-state index in [0.717, 1.165) is 24.3 Å². The molecule has 2 aromatic rings. The van der Waals surface area contributed by atoms with Crippen molar-refractivity contribution < 1.29 is 4.74 Å². The van der Waals surface area contributed by atoms with Crippen LogP contribution < -0.4 is 15.4 Å². The van der Waals surface area contributed by atoms with Gasteiger partial charge >= 0.3 is 0 Å². The summed E-state index contributed by atoms with van der Waals surface area (Å²) in [5, 5.41) is 0. The van der Waals surface area contributed by atoms with Crippen LogP contribution in [0.2, 0.25) is 0 Å². The Bertz CT molecular complexity index is 520. The first-order chi connectivity index (χ1) is 9.72. The minimum Gasteiger partial charge on any atom is -0.497 e. The molecule has 2 rings (SSSR count). The first kappa shape index (κ1) is 14.4. The van der Waals surface area contributed by atoms with Gasteiger partial charge < -0.3 is 15.4 Å². The first-order valence-electron chi connectivity index (χ1n) is 6.86. The van der Waals surface area contributed by atoms with Crippen LogP contribution in [-0.2, 0) is 13.0 Å². The molecule has 2 aromatic carbocycles. The van der Waals surface area contributed by atoms with E-state index >= 15 is 0 Å². The Hall–Kier alpha value is -2.00. The fourth-order valence-corrected chi connectivity index (χ4v) is 2.10. The van der Waals surface area contributed by atoms with E-state index in [1.165, 1.54) is 11.3 Å². The van der Waals surface area contributed by atoms with Crippen molar-refractivity contribution in [2.24, 2.45) is 5.73 Å². The standard InChI is InChI=1S/C17H22N2O/c1-19(16-7-3-15(13-18)4-8-16)12-11-14-5-9-17(20-2)10-6-14/h3-10H,11-13,18H2,1-2H3. The third-order valence-electron chi connectivity index (χ3n) is 3.51. The molecule has 3 nitrogen and oxygen atoms in total. The van der Waals surface area contributed by atoms with Crippen LogP contribution in [0.1, 0.15) is 11.1 Å². The molecule has 2 N–H and O–H groups in total. The molecule has 20 heavy (non-hydrogen) atoms. The fourth-order valence-electron chi connectivity index (χ4n) is 2.10. The molecule has 0 unspecified atom stereocenters. The van der Waals surface area contributed by atoms with Crippen molar-refractivity contribution in [1.29, 1.82) is 0 Å². The number of benzene rings is 2. The highest BCUT2D eigenvalue weighted by atomic mass is 16.5. The lowest BCUT2D eigenvalue weighted by Gasteiger charge is -2.19. The van der Waals surface area contributed by atoms with Crippen LogP contribution in [0.4, 0.5) is 5.69 Å². The number of hydrogen-bond acceptors (Lipinski definition) is 3. The molecule has 0 saturated carbocycles. The van der Waals surface area contributed by atoms with E-state index in [2.05, 4.69) is 48.3 Å². The lowest BCUT2D eigenvalue weighted by molar-refractivity contribution is 0.414. The maximum atomic E-state index is 5.61. The van der Waals surface area contributed by atoms with Crippen LogP contribution >= 0.6 is 0 Å². The minimum atomic E-state index is 0.593. The SMILES string of the molecule is COc1ccc(CCN(C)c2ccc(CN)cc2)cc1. The van der Waals surface area contributed by atoms with Gasteiger partial charge in [-0.1, -0.05) is 24.3 Å². The number of ether oxygens (including phenoxy) is 1. The molecule has 0 radical (unpaired) electrons. The molecule has 0 aliphatic rings. The van der Waals surface area contributed by atoms with Gasteiger partial charge in [0.05, 0.1) is 7.11 Å². The van der Waals surface area contributed by atoms with Gasteiger partial charge in [0.1, 0.15) is 5.75 Å². The maximum absolute atomic E-state index is 5.61. The van der Waals surface area contributed by atoms with Crippen molar-refractivity contribution in [3.05, 3.63) is 59.7 Å². The molecule has 0 aromatic heterocycles. The van der Waals surface area contributed by atoms with Crippen molar-refractivity contribution >= 4 is 5.69 Å². The average molecular weight is 270 g/mol. The lowest BCUT2D eigenvalue weighted by atomic mass is 10.1. The van der Waals surface area contributed by atoms with Crippen LogP contribution in [0.3, 0.4) is 0 Å². The van der Waals surface area contributed by atoms with E-state index in [1.807, 2.05) is 12.1 Å². The van der Waals surface area contributed by atoms with Gasteiger partial charge in [0.25, 0.3) is 0 Å². The third-order valence-corrected chi connectivity index (χ3v) is 3.51. The van der Waals surface area contributed by atoms with E-state index in [-0.39, 0.29) is 0 Å². The second-order valence-electron chi connectivity index (χ2n) is 4.89. The van der Waals surface area contributed by atoms with Gasteiger partial charge in [0.15, 0.2) is 0 Å². The summed E-state index contributed by atoms with van der Waals surface area (Å²) in [5.74, 6) is 0.902. The molecule has 0 aliphatic carbocycles. The molecule has 0 fully saturated rings. The summed E-state index contributed by atoms with van der Waals surface area (Å²) in [5.41, 5.74) is 9.31. The number of likely N-dealkylation sites (N-methyl/N-ethyl adjacent to an activating group) is 1. The second kappa shape index (κ2) is 6.96. The number of anilines is 1. The van der Waals surface area contributed by atoms with Gasteiger partial charge in [0.2, 0.25) is 0 Å². The largest absolute Gasteiger partial charge is 0.497 e. The summed E-state index contributed by atoms with van der Waals surface area (Å²) in [6.07, 6.45) is 1.01. The van der Waals surface area contributed by atoms with E-state index in [4.69, 9.17) is 10.5 Å². The van der Waals surface area contributed by atoms with E-state index in [9.17, 15) is 0 Å². The van der Waals surface area contributed by atoms with Crippen molar-refractivity contribution in [3.63, 3.8) is 0 Å². The highest BCUT2D eigenvalue weighted by Gasteiger charge is 2.02. The summed E-state index contributed by atoms with van der Waals surface area (Å²) in [4.78, 5) is 2.25. The Kier molecular flexibility index (Phi) is 5.02. The van der Waals surface area contributed by atoms with E-state index in [0.29, 0.717) is 6.54 Å². The van der Waals surface area contributed by atoms with E-state index < -0.39 is 0 Å². The number of methoxy groups -OCH3 is 1. The highest BCUT2D eigenvalue weighted by Crippen LogP contribution is 2.16. The van der Waals surface area contributed by atoms with Crippen LogP contribution in [-0.4, -0.2) is 20.7 Å². The van der Waals surface area contributed by atoms with Crippen molar-refractivity contribution in [1.82, 2.24) is 0 Å². The Balaban J connectivity index is 1.91. The lowest BCUT2D eigenvalue weighted by Crippen LogP contribution is -2.20. The molecule has 0 saturated heterocycles. The Labute approximate surface area is 121 Å². The van der Waals surface area contributed by atoms with Gasteiger partial charge in [-0.25, -0.2) is 0 Å². The molecular formula is C17H22N2O. The fraction of sp³-hybridized carbons (Fsp3) is 0.294. The Morgan fingerprint density at radius 2 is 1.55 bits per heavy atom. The van der Waals surface area contributed by atoms with Crippen LogP contribution in [0, 0.1) is 0 Å². The van der Waals surface area contributed by atoms with Crippen molar-refractivity contribution in [3.8, 4) is 5.75 Å². The van der Waals surface area contributed by atoms with Crippen molar-refractivity contribution in [2.45, 2.75) is 13.0 Å². The molecule has 0 heterocycles. The topological polar surface area (TPSA) is 38.5 Å². The van der Waals surface area contributed by atoms with Gasteiger partial charge in [-0.15, -0.1) is 0 Å². The summed E-state index contributed by atoms with van der Waals surface area (Å²) in [6.45, 7) is 1.57. The first-order valence-corrected chi connectivity index (χ1v) is 6.86. The van der Waals surface area contributed by atoms with Gasteiger partial charge in [0, 0.05) is 25.8 Å². The van der Waals surface area contributed by atoms with Crippen LogP contribution in [0.15, 0.2) is 48.5 Å². The molecule has 0 bridgehead atoms. The van der Waals surface area contributed by atoms with Gasteiger partial charge in [-0.3, -0.25) is 0 Å². The predicted molar refractivity (Wildman–Crippen MR) is 84.3 cm³/mol. The van der Waals surface area contributed by atoms with Gasteiger partial charge in [-0.05, 0) is 41.8 Å². The van der Waals surface area contributed by atoms with Crippen molar-refractivity contribution in [2.75, 3.05) is 25.6 Å². The summed E-state index contributed by atoms with van der Waals surface area (Å²) >= 11 is 0. The van der Waals surface area contributed by atoms with Crippen LogP contribution in [0.5, 0.6) is 5.75 Å². The summed E-state index contributed by atoms with van der Waals surface area (Å²) in [6, 6.07) is 16.6. The zero-order chi connectivity index (χ0) is 14.4. The van der Waals surface area contributed by atoms with E-state index in [1.54, 1.807) is 7.11 Å². The monoisotopic (exact) mass is 270 g/mol. The molecule has 0 spiro atoms. The average Bonchev–Trinajstić information content (AvgIpc) is 2.53. The Morgan fingerprint density at radius 3 is 2.10 bits per heavy atom. The molecule has 106 valence electrons. The molecule has 3 heteroatoms. The third kappa shape index (κ3) is 3.75. The molecule has 0 aliphatic heterocycles. The Morgan fingerprint density at radius 1 is 0.950 bits per heavy atom. The smallest absolute Gasteiger partial charge is 0.118 e. The normalized spacial score (nSPS) is 10.3. The number of rotatable bonds is 6.